The molecule has 0 radical (unpaired) electrons. The summed E-state index contributed by atoms with van der Waals surface area (Å²) in [5.41, 5.74) is -3.51. The van der Waals surface area contributed by atoms with Crippen molar-refractivity contribution in [1.29, 1.82) is 0 Å². The molecule has 0 aromatic heterocycles. The number of esters is 1. The molecule has 2 unspecified atom stereocenters. The predicted molar refractivity (Wildman–Crippen MR) is 118 cm³/mol. The van der Waals surface area contributed by atoms with E-state index < -0.39 is 85.7 Å². The maximum Gasteiger partial charge on any atom is 0.306 e. The van der Waals surface area contributed by atoms with Gasteiger partial charge in [-0.2, -0.15) is 11.8 Å². The molecular weight excluding hydrogens is 494 g/mol. The summed E-state index contributed by atoms with van der Waals surface area (Å²) in [6.45, 7) is -0.636. The molecule has 35 heavy (non-hydrogen) atoms. The third kappa shape index (κ3) is 7.93. The summed E-state index contributed by atoms with van der Waals surface area (Å²) in [4.78, 5) is 23.0. The molecule has 0 spiro atoms. The molecule has 10 atom stereocenters. The highest BCUT2D eigenvalue weighted by Crippen LogP contribution is 2.33. The molecular formula is C20H35NO13S. The summed E-state index contributed by atoms with van der Waals surface area (Å²) in [7, 11) is 1.24. The monoisotopic (exact) mass is 530 g/mol. The van der Waals surface area contributed by atoms with Crippen LogP contribution in [0, 0.1) is 0 Å². The molecule has 2 aliphatic rings. The zero-order valence-corrected chi connectivity index (χ0v) is 20.2. The predicted octanol–water partition coefficient (Wildman–Crippen LogP) is -3.58. The van der Waals surface area contributed by atoms with Crippen molar-refractivity contribution in [3.8, 4) is 0 Å². The van der Waals surface area contributed by atoms with Crippen molar-refractivity contribution in [1.82, 2.24) is 5.32 Å². The normalized spacial score (nSPS) is 38.9. The zero-order valence-electron chi connectivity index (χ0n) is 20.4. The number of aliphatic hydroxyl groups excluding tert-OH is 5. The number of carbonyl (C=O) groups is 2. The number of hydrogen-bond acceptors (Lipinski definition) is 14. The van der Waals surface area contributed by atoms with Crippen LogP contribution in [0.25, 0.3) is 0 Å². The van der Waals surface area contributed by atoms with Crippen LogP contribution in [0.15, 0.2) is 0 Å². The van der Waals surface area contributed by atoms with E-state index in [0.717, 1.165) is 18.7 Å². The molecule has 0 bridgehead atoms. The Labute approximate surface area is 207 Å². The van der Waals surface area contributed by atoms with Crippen LogP contribution in [-0.2, 0) is 33.3 Å². The largest absolute Gasteiger partial charge is 0.469 e. The fourth-order valence-corrected chi connectivity index (χ4v) is 4.28. The number of ether oxygens (including phenoxy) is 5. The SMILES string of the molecule is [2H]C(CO[C@@H]1O[C@H](CO)[C@@H](OC2C[C@@H](O)[C@@H](O)[C@@H](CO)O2)[C@H](O)[C@]1(O)NC(C)=O)SCCC(=O)OC. The van der Waals surface area contributed by atoms with Gasteiger partial charge in [-0.05, 0) is 0 Å². The Morgan fingerprint density at radius 1 is 1.20 bits per heavy atom. The smallest absolute Gasteiger partial charge is 0.306 e. The molecule has 2 rings (SSSR count). The lowest BCUT2D eigenvalue weighted by Crippen LogP contribution is -2.74. The first-order valence-electron chi connectivity index (χ1n) is 11.5. The van der Waals surface area contributed by atoms with Crippen LogP contribution < -0.4 is 5.32 Å². The Balaban J connectivity index is 2.11. The molecule has 2 aliphatic heterocycles. The molecule has 7 N–H and O–H groups in total. The highest BCUT2D eigenvalue weighted by Gasteiger charge is 2.58. The Hall–Kier alpha value is -1.11. The first kappa shape index (κ1) is 28.5. The molecule has 0 aromatic rings. The van der Waals surface area contributed by atoms with Crippen molar-refractivity contribution in [3.05, 3.63) is 0 Å². The van der Waals surface area contributed by atoms with E-state index in [1.165, 1.54) is 7.11 Å². The van der Waals surface area contributed by atoms with Crippen LogP contribution in [0.2, 0.25) is 0 Å². The van der Waals surface area contributed by atoms with Crippen molar-refractivity contribution >= 4 is 23.6 Å². The Morgan fingerprint density at radius 2 is 1.89 bits per heavy atom. The minimum Gasteiger partial charge on any atom is -0.469 e. The summed E-state index contributed by atoms with van der Waals surface area (Å²) in [5, 5.41) is 63.4. The molecule has 2 saturated heterocycles. The van der Waals surface area contributed by atoms with Crippen LogP contribution in [0.1, 0.15) is 21.1 Å². The van der Waals surface area contributed by atoms with Crippen LogP contribution >= 0.6 is 11.8 Å². The van der Waals surface area contributed by atoms with Crippen molar-refractivity contribution in [3.63, 3.8) is 0 Å². The summed E-state index contributed by atoms with van der Waals surface area (Å²) in [6, 6.07) is 0. The molecule has 0 saturated carbocycles. The molecule has 15 heteroatoms. The highest BCUT2D eigenvalue weighted by atomic mass is 32.2. The average molecular weight is 531 g/mol. The van der Waals surface area contributed by atoms with Crippen molar-refractivity contribution < 1.29 is 65.3 Å². The van der Waals surface area contributed by atoms with E-state index in [9.17, 15) is 40.2 Å². The van der Waals surface area contributed by atoms with E-state index in [-0.39, 0.29) is 25.2 Å². The van der Waals surface area contributed by atoms with Gasteiger partial charge in [0.25, 0.3) is 0 Å². The standard InChI is InChI=1S/C20H35NO13S/c1-10(24)21-20(29)18(28)17(34-15-7-11(25)16(27)12(8-22)32-15)13(9-23)33-19(20)31-4-6-35-5-3-14(26)30-2/h11-13,15-19,22-23,25,27-29H,3-9H2,1-2H3,(H,21,24)/t11-,12-,13-,15?,16-,17-,18+,19-,20-/m1/s1/i6D/t6?,11-,12-,13-,15?,16-,17-,18+,19-,20-. The lowest BCUT2D eigenvalue weighted by atomic mass is 9.92. The number of hydrogen-bond donors (Lipinski definition) is 7. The van der Waals surface area contributed by atoms with Gasteiger partial charge in [0.05, 0.1) is 39.5 Å². The Kier molecular flexibility index (Phi) is 11.4. The number of amides is 1. The van der Waals surface area contributed by atoms with Gasteiger partial charge < -0.3 is 59.6 Å². The second kappa shape index (κ2) is 14.0. The molecule has 14 nitrogen and oxygen atoms in total. The van der Waals surface area contributed by atoms with Crippen LogP contribution in [0.5, 0.6) is 0 Å². The van der Waals surface area contributed by atoms with Gasteiger partial charge in [-0.15, -0.1) is 0 Å². The number of carbonyl (C=O) groups excluding carboxylic acids is 2. The minimum atomic E-state index is -2.58. The van der Waals surface area contributed by atoms with Gasteiger partial charge >= 0.3 is 5.97 Å². The third-order valence-corrected chi connectivity index (χ3v) is 6.26. The second-order valence-electron chi connectivity index (χ2n) is 8.02. The van der Waals surface area contributed by atoms with E-state index in [1.54, 1.807) is 0 Å². The van der Waals surface area contributed by atoms with Crippen LogP contribution in [0.4, 0.5) is 0 Å². The van der Waals surface area contributed by atoms with Crippen molar-refractivity contribution in [2.24, 2.45) is 0 Å². The second-order valence-corrected chi connectivity index (χ2v) is 9.09. The fraction of sp³-hybridized carbons (Fsp3) is 0.900. The van der Waals surface area contributed by atoms with Gasteiger partial charge in [-0.25, -0.2) is 0 Å². The first-order chi connectivity index (χ1) is 17.0. The summed E-state index contributed by atoms with van der Waals surface area (Å²) >= 11 is 1.06. The van der Waals surface area contributed by atoms with E-state index in [0.29, 0.717) is 0 Å². The maximum atomic E-state index is 11.8. The van der Waals surface area contributed by atoms with Crippen LogP contribution in [-0.4, -0.2) is 136 Å². The van der Waals surface area contributed by atoms with Crippen molar-refractivity contribution in [2.75, 3.05) is 38.4 Å². The van der Waals surface area contributed by atoms with Gasteiger partial charge in [0.2, 0.25) is 17.9 Å². The molecule has 2 fully saturated rings. The summed E-state index contributed by atoms with van der Waals surface area (Å²) < 4.78 is 34.7. The molecule has 2 heterocycles. The minimum absolute atomic E-state index is 0.0721. The number of aliphatic hydroxyl groups is 6. The van der Waals surface area contributed by atoms with Gasteiger partial charge in [-0.1, -0.05) is 0 Å². The zero-order chi connectivity index (χ0) is 27.0. The van der Waals surface area contributed by atoms with Crippen LogP contribution in [0.3, 0.4) is 0 Å². The molecule has 1 amide bonds. The quantitative estimate of drug-likeness (QED) is 0.0960. The fourth-order valence-electron chi connectivity index (χ4n) is 3.66. The van der Waals surface area contributed by atoms with E-state index in [4.69, 9.17) is 20.3 Å². The molecule has 204 valence electrons. The van der Waals surface area contributed by atoms with E-state index in [2.05, 4.69) is 10.1 Å². The topological polar surface area (TPSA) is 214 Å². The number of methoxy groups -OCH3 is 1. The lowest BCUT2D eigenvalue weighted by Gasteiger charge is -2.50. The summed E-state index contributed by atoms with van der Waals surface area (Å²) in [5.74, 6) is -0.946. The Bertz CT molecular complexity index is 723. The maximum absolute atomic E-state index is 11.8. The summed E-state index contributed by atoms with van der Waals surface area (Å²) in [6.07, 6.45) is -11.9. The third-order valence-electron chi connectivity index (χ3n) is 5.45. The first-order valence-corrected chi connectivity index (χ1v) is 12.0. The number of thioether (sulfide) groups is 1. The molecule has 0 aliphatic carbocycles. The van der Waals surface area contributed by atoms with Crippen molar-refractivity contribution in [2.45, 2.75) is 74.7 Å². The average Bonchev–Trinajstić information content (AvgIpc) is 2.83. The van der Waals surface area contributed by atoms with E-state index in [1.807, 2.05) is 0 Å². The highest BCUT2D eigenvalue weighted by molar-refractivity contribution is 7.99. The van der Waals surface area contributed by atoms with E-state index >= 15 is 0 Å². The van der Waals surface area contributed by atoms with Gasteiger partial charge in [-0.3, -0.25) is 9.59 Å². The Morgan fingerprint density at radius 3 is 2.49 bits per heavy atom. The lowest BCUT2D eigenvalue weighted by molar-refractivity contribution is -0.373. The van der Waals surface area contributed by atoms with Gasteiger partial charge in [0, 0.05) is 26.2 Å². The molecule has 0 aromatic carbocycles. The number of rotatable bonds is 12. The van der Waals surface area contributed by atoms with Gasteiger partial charge in [0.15, 0.2) is 6.29 Å². The number of nitrogens with one attached hydrogen (secondary N) is 1. The van der Waals surface area contributed by atoms with Gasteiger partial charge in [0.1, 0.15) is 30.5 Å².